The molecule has 2 fully saturated rings. The Morgan fingerprint density at radius 1 is 1.03 bits per heavy atom. The lowest BCUT2D eigenvalue weighted by atomic mass is 9.84. The van der Waals surface area contributed by atoms with Gasteiger partial charge in [0.1, 0.15) is 0 Å². The maximum atomic E-state index is 13.4. The first-order valence-electron chi connectivity index (χ1n) is 13.9. The molecule has 2 aliphatic heterocycles. The lowest BCUT2D eigenvalue weighted by Gasteiger charge is -2.38. The van der Waals surface area contributed by atoms with Crippen LogP contribution in [0.2, 0.25) is 0 Å². The highest BCUT2D eigenvalue weighted by atomic mass is 16.5. The number of carbonyl (C=O) groups is 3. The predicted octanol–water partition coefficient (Wildman–Crippen LogP) is 4.05. The van der Waals surface area contributed by atoms with Gasteiger partial charge in [0.05, 0.1) is 18.2 Å². The lowest BCUT2D eigenvalue weighted by Crippen LogP contribution is -2.51. The zero-order chi connectivity index (χ0) is 26.5. The van der Waals surface area contributed by atoms with Gasteiger partial charge in [0.15, 0.2) is 0 Å². The molecule has 0 aromatic heterocycles. The number of urea groups is 1. The van der Waals surface area contributed by atoms with Gasteiger partial charge in [0.25, 0.3) is 0 Å². The lowest BCUT2D eigenvalue weighted by molar-refractivity contribution is -0.139. The van der Waals surface area contributed by atoms with Gasteiger partial charge in [0.2, 0.25) is 5.91 Å². The van der Waals surface area contributed by atoms with Crippen LogP contribution in [0.25, 0.3) is 0 Å². The molecular formula is C29H42N4O4. The average Bonchev–Trinajstić information content (AvgIpc) is 3.08. The summed E-state index contributed by atoms with van der Waals surface area (Å²) in [7, 11) is 0. The summed E-state index contributed by atoms with van der Waals surface area (Å²) in [6.07, 6.45) is 4.04. The second kappa shape index (κ2) is 12.1. The number of likely N-dealkylation sites (N-methyl/N-ethyl adjacent to an activating group) is 1. The molecule has 1 saturated carbocycles. The van der Waals surface area contributed by atoms with Crippen molar-refractivity contribution < 1.29 is 19.1 Å². The minimum Gasteiger partial charge on any atom is -0.463 e. The summed E-state index contributed by atoms with van der Waals surface area (Å²) in [5.41, 5.74) is 3.25. The number of carbonyl (C=O) groups excluding carboxylic acids is 3. The van der Waals surface area contributed by atoms with Crippen LogP contribution in [0.3, 0.4) is 0 Å². The van der Waals surface area contributed by atoms with Gasteiger partial charge in [-0.15, -0.1) is 0 Å². The first-order valence-corrected chi connectivity index (χ1v) is 13.9. The summed E-state index contributed by atoms with van der Waals surface area (Å²) in [6, 6.07) is 7.32. The molecule has 1 unspecified atom stereocenters. The molecule has 1 aliphatic carbocycles. The largest absolute Gasteiger partial charge is 0.463 e. The van der Waals surface area contributed by atoms with Crippen LogP contribution in [0, 0.1) is 5.92 Å². The number of esters is 1. The van der Waals surface area contributed by atoms with Crippen LogP contribution < -0.4 is 5.32 Å². The highest BCUT2D eigenvalue weighted by Crippen LogP contribution is 2.33. The van der Waals surface area contributed by atoms with E-state index in [1.165, 1.54) is 5.56 Å². The van der Waals surface area contributed by atoms with Crippen molar-refractivity contribution in [1.82, 2.24) is 20.0 Å². The van der Waals surface area contributed by atoms with E-state index in [1.807, 2.05) is 24.0 Å². The quantitative estimate of drug-likeness (QED) is 0.534. The molecule has 8 heteroatoms. The van der Waals surface area contributed by atoms with E-state index in [0.29, 0.717) is 43.4 Å². The van der Waals surface area contributed by atoms with E-state index in [2.05, 4.69) is 36.2 Å². The Labute approximate surface area is 221 Å². The van der Waals surface area contributed by atoms with E-state index in [1.54, 1.807) is 11.8 Å². The molecular weight excluding hydrogens is 468 g/mol. The molecule has 202 valence electrons. The molecule has 1 N–H and O–H groups in total. The molecule has 0 radical (unpaired) electrons. The first-order chi connectivity index (χ1) is 17.8. The van der Waals surface area contributed by atoms with Crippen LogP contribution in [-0.2, 0) is 14.3 Å². The molecule has 4 rings (SSSR count). The number of ether oxygens (including phenoxy) is 1. The second-order valence-corrected chi connectivity index (χ2v) is 10.6. The zero-order valence-electron chi connectivity index (χ0n) is 22.8. The Bertz CT molecular complexity index is 1020. The fourth-order valence-electron chi connectivity index (χ4n) is 5.46. The Kier molecular flexibility index (Phi) is 8.90. The fraction of sp³-hybridized carbons (Fsp3) is 0.621. The third-order valence-corrected chi connectivity index (χ3v) is 7.91. The fourth-order valence-corrected chi connectivity index (χ4v) is 5.46. The van der Waals surface area contributed by atoms with Crippen LogP contribution in [-0.4, -0.2) is 78.5 Å². The van der Waals surface area contributed by atoms with Crippen molar-refractivity contribution in [3.05, 3.63) is 46.7 Å². The highest BCUT2D eigenvalue weighted by Gasteiger charge is 2.38. The van der Waals surface area contributed by atoms with E-state index in [9.17, 15) is 14.4 Å². The average molecular weight is 511 g/mol. The van der Waals surface area contributed by atoms with Crippen LogP contribution >= 0.6 is 0 Å². The van der Waals surface area contributed by atoms with E-state index in [0.717, 1.165) is 44.3 Å². The Hall–Kier alpha value is -2.87. The van der Waals surface area contributed by atoms with Gasteiger partial charge in [-0.25, -0.2) is 9.59 Å². The van der Waals surface area contributed by atoms with Gasteiger partial charge in [-0.1, -0.05) is 44.5 Å². The summed E-state index contributed by atoms with van der Waals surface area (Å²) in [6.45, 7) is 12.1. The Morgan fingerprint density at radius 2 is 1.76 bits per heavy atom. The number of hydrogen-bond donors (Lipinski definition) is 1. The van der Waals surface area contributed by atoms with Crippen molar-refractivity contribution in [2.24, 2.45) is 5.92 Å². The van der Waals surface area contributed by atoms with Gasteiger partial charge < -0.3 is 15.0 Å². The molecule has 1 atom stereocenters. The van der Waals surface area contributed by atoms with Crippen LogP contribution in [0.15, 0.2) is 35.5 Å². The molecule has 37 heavy (non-hydrogen) atoms. The number of nitrogens with zero attached hydrogens (tertiary/aromatic N) is 3. The topological polar surface area (TPSA) is 82.2 Å². The van der Waals surface area contributed by atoms with Crippen molar-refractivity contribution in [1.29, 1.82) is 0 Å². The molecule has 2 heterocycles. The highest BCUT2D eigenvalue weighted by molar-refractivity contribution is 5.95. The summed E-state index contributed by atoms with van der Waals surface area (Å²) in [5.74, 6) is 0.479. The number of rotatable bonds is 8. The number of hydrogen-bond acceptors (Lipinski definition) is 5. The molecule has 1 aromatic carbocycles. The third kappa shape index (κ3) is 6.00. The summed E-state index contributed by atoms with van der Waals surface area (Å²) >= 11 is 0. The maximum absolute atomic E-state index is 13.4. The van der Waals surface area contributed by atoms with Gasteiger partial charge in [-0.05, 0) is 50.2 Å². The van der Waals surface area contributed by atoms with Crippen molar-refractivity contribution in [3.63, 3.8) is 0 Å². The Morgan fingerprint density at radius 3 is 2.35 bits per heavy atom. The van der Waals surface area contributed by atoms with Crippen LogP contribution in [0.4, 0.5) is 4.79 Å². The first kappa shape index (κ1) is 27.2. The van der Waals surface area contributed by atoms with Gasteiger partial charge in [-0.2, -0.15) is 0 Å². The van der Waals surface area contributed by atoms with Gasteiger partial charge in [-0.3, -0.25) is 14.6 Å². The van der Waals surface area contributed by atoms with E-state index in [-0.39, 0.29) is 24.5 Å². The van der Waals surface area contributed by atoms with Gasteiger partial charge >= 0.3 is 12.0 Å². The molecule has 3 aliphatic rings. The monoisotopic (exact) mass is 510 g/mol. The van der Waals surface area contributed by atoms with Crippen molar-refractivity contribution in [3.8, 4) is 0 Å². The summed E-state index contributed by atoms with van der Waals surface area (Å²) in [5, 5.41) is 3.06. The molecule has 1 aromatic rings. The van der Waals surface area contributed by atoms with Gasteiger partial charge in [0, 0.05) is 50.9 Å². The van der Waals surface area contributed by atoms with Crippen LogP contribution in [0.5, 0.6) is 0 Å². The molecule has 3 amide bonds. The predicted molar refractivity (Wildman–Crippen MR) is 143 cm³/mol. The van der Waals surface area contributed by atoms with Crippen molar-refractivity contribution >= 4 is 17.9 Å². The third-order valence-electron chi connectivity index (χ3n) is 7.91. The van der Waals surface area contributed by atoms with Crippen LogP contribution in [0.1, 0.15) is 76.5 Å². The van der Waals surface area contributed by atoms with E-state index < -0.39 is 12.0 Å². The molecule has 8 nitrogen and oxygen atoms in total. The number of amides is 3. The standard InChI is InChI=1S/C29H42N4O4/c1-5-33-24(19-31-15-8-16-32(18-17-31)27(34)23-9-7-10-23)25(28(35)37-6-2)26(30-29(33)36)22-13-11-21(12-14-22)20(3)4/h11-14,20,23,26H,5-10,15-19H2,1-4H3,(H,30,36). The van der Waals surface area contributed by atoms with E-state index in [4.69, 9.17) is 4.74 Å². The SMILES string of the molecule is CCOC(=O)C1=C(CN2CCCN(C(=O)C3CCC3)CC2)N(CC)C(=O)NC1c1ccc(C(C)C)cc1. The van der Waals surface area contributed by atoms with E-state index >= 15 is 0 Å². The smallest absolute Gasteiger partial charge is 0.338 e. The minimum absolute atomic E-state index is 0.199. The number of nitrogens with one attached hydrogen (secondary N) is 1. The Balaban J connectivity index is 1.63. The second-order valence-electron chi connectivity index (χ2n) is 10.6. The molecule has 0 spiro atoms. The summed E-state index contributed by atoms with van der Waals surface area (Å²) < 4.78 is 5.51. The van der Waals surface area contributed by atoms with Crippen molar-refractivity contribution in [2.45, 2.75) is 65.3 Å². The maximum Gasteiger partial charge on any atom is 0.338 e. The molecule has 1 saturated heterocycles. The normalized spacial score (nSPS) is 21.5. The van der Waals surface area contributed by atoms with Crippen molar-refractivity contribution in [2.75, 3.05) is 45.9 Å². The summed E-state index contributed by atoms with van der Waals surface area (Å²) in [4.78, 5) is 45.4. The molecule has 0 bridgehead atoms. The minimum atomic E-state index is -0.575. The zero-order valence-corrected chi connectivity index (χ0v) is 22.8. The number of benzene rings is 1.